The van der Waals surface area contributed by atoms with Gasteiger partial charge in [0.25, 0.3) is 15.9 Å². The zero-order chi connectivity index (χ0) is 22.0. The third kappa shape index (κ3) is 4.20. The fourth-order valence-electron chi connectivity index (χ4n) is 3.36. The lowest BCUT2D eigenvalue weighted by atomic mass is 10.2. The number of hydrogen-bond donors (Lipinski definition) is 1. The van der Waals surface area contributed by atoms with Gasteiger partial charge in [-0.15, -0.1) is 0 Å². The van der Waals surface area contributed by atoms with Crippen LogP contribution >= 0.6 is 0 Å². The molecule has 0 unspecified atom stereocenters. The van der Waals surface area contributed by atoms with Gasteiger partial charge in [0.2, 0.25) is 0 Å². The number of fused-ring (bicyclic) bond motifs is 1. The molecule has 7 nitrogen and oxygen atoms in total. The first-order chi connectivity index (χ1) is 14.9. The number of nitrogens with zero attached hydrogens (tertiary/aromatic N) is 1. The van der Waals surface area contributed by atoms with Gasteiger partial charge in [-0.1, -0.05) is 12.1 Å². The Balaban J connectivity index is 1.54. The number of rotatable bonds is 5. The van der Waals surface area contributed by atoms with E-state index in [9.17, 15) is 13.2 Å². The molecule has 160 valence electrons. The van der Waals surface area contributed by atoms with Crippen LogP contribution in [0.1, 0.15) is 17.3 Å². The Morgan fingerprint density at radius 2 is 1.71 bits per heavy atom. The Morgan fingerprint density at radius 1 is 1.03 bits per heavy atom. The number of ether oxygens (including phenoxy) is 2. The standard InChI is InChI=1S/C23H22N2O5S/c1-16-15-25(21-5-3-4-6-22(21)30-16)31(27,28)20-13-9-18(10-14-20)24-23(26)17-7-11-19(29-2)12-8-17/h3-14,16H,15H2,1-2H3,(H,24,26)/t16-/m1/s1. The lowest BCUT2D eigenvalue weighted by Gasteiger charge is -2.34. The van der Waals surface area contributed by atoms with Gasteiger partial charge in [-0.3, -0.25) is 9.10 Å². The number of hydrogen-bond acceptors (Lipinski definition) is 5. The Kier molecular flexibility index (Phi) is 5.56. The summed E-state index contributed by atoms with van der Waals surface area (Å²) in [6.45, 7) is 2.05. The highest BCUT2D eigenvalue weighted by Crippen LogP contribution is 2.36. The topological polar surface area (TPSA) is 84.9 Å². The van der Waals surface area contributed by atoms with Crippen LogP contribution in [0.3, 0.4) is 0 Å². The van der Waals surface area contributed by atoms with E-state index >= 15 is 0 Å². The van der Waals surface area contributed by atoms with E-state index < -0.39 is 10.0 Å². The maximum atomic E-state index is 13.3. The molecule has 1 heterocycles. The lowest BCUT2D eigenvalue weighted by Crippen LogP contribution is -2.42. The summed E-state index contributed by atoms with van der Waals surface area (Å²) in [6.07, 6.45) is -0.271. The Morgan fingerprint density at radius 3 is 2.39 bits per heavy atom. The van der Waals surface area contributed by atoms with E-state index in [-0.39, 0.29) is 23.5 Å². The van der Waals surface area contributed by atoms with Crippen molar-refractivity contribution >= 4 is 27.3 Å². The van der Waals surface area contributed by atoms with E-state index in [2.05, 4.69) is 5.32 Å². The number of sulfonamides is 1. The average molecular weight is 439 g/mol. The van der Waals surface area contributed by atoms with E-state index in [1.807, 2.05) is 13.0 Å². The Hall–Kier alpha value is -3.52. The van der Waals surface area contributed by atoms with E-state index in [0.717, 1.165) is 0 Å². The molecule has 3 aromatic rings. The van der Waals surface area contributed by atoms with Crippen LogP contribution in [0.25, 0.3) is 0 Å². The number of amides is 1. The second-order valence-electron chi connectivity index (χ2n) is 7.14. The van der Waals surface area contributed by atoms with E-state index in [1.54, 1.807) is 61.7 Å². The van der Waals surface area contributed by atoms with Crippen molar-refractivity contribution in [3.05, 3.63) is 78.4 Å². The zero-order valence-electron chi connectivity index (χ0n) is 17.1. The van der Waals surface area contributed by atoms with Gasteiger partial charge in [0.15, 0.2) is 0 Å². The van der Waals surface area contributed by atoms with Crippen molar-refractivity contribution in [2.45, 2.75) is 17.9 Å². The molecule has 1 atom stereocenters. The normalized spacial score (nSPS) is 15.5. The Bertz CT molecular complexity index is 1190. The quantitative estimate of drug-likeness (QED) is 0.653. The van der Waals surface area contributed by atoms with Crippen LogP contribution in [-0.4, -0.2) is 34.1 Å². The smallest absolute Gasteiger partial charge is 0.264 e. The van der Waals surface area contributed by atoms with Gasteiger partial charge in [-0.2, -0.15) is 0 Å². The summed E-state index contributed by atoms with van der Waals surface area (Å²) in [4.78, 5) is 12.6. The number of anilines is 2. The first-order valence-corrected chi connectivity index (χ1v) is 11.2. The molecule has 1 N–H and O–H groups in total. The number of nitrogens with one attached hydrogen (secondary N) is 1. The summed E-state index contributed by atoms with van der Waals surface area (Å²) in [7, 11) is -2.23. The SMILES string of the molecule is COc1ccc(C(=O)Nc2ccc(S(=O)(=O)N3C[C@@H](C)Oc4ccccc43)cc2)cc1. The first kappa shape index (κ1) is 20.7. The summed E-state index contributed by atoms with van der Waals surface area (Å²) in [5.74, 6) is 0.896. The van der Waals surface area contributed by atoms with E-state index in [1.165, 1.54) is 16.4 Å². The fourth-order valence-corrected chi connectivity index (χ4v) is 4.91. The van der Waals surface area contributed by atoms with Crippen molar-refractivity contribution in [2.24, 2.45) is 0 Å². The summed E-state index contributed by atoms with van der Waals surface area (Å²) >= 11 is 0. The van der Waals surface area contributed by atoms with Crippen molar-refractivity contribution in [3.63, 3.8) is 0 Å². The van der Waals surface area contributed by atoms with Crippen LogP contribution in [0.5, 0.6) is 11.5 Å². The Labute approximate surface area is 181 Å². The number of para-hydroxylation sites is 2. The summed E-state index contributed by atoms with van der Waals surface area (Å²) in [5, 5.41) is 2.77. The van der Waals surface area contributed by atoms with Crippen molar-refractivity contribution in [1.29, 1.82) is 0 Å². The number of carbonyl (C=O) groups excluding carboxylic acids is 1. The average Bonchev–Trinajstić information content (AvgIpc) is 2.79. The first-order valence-electron chi connectivity index (χ1n) is 9.72. The summed E-state index contributed by atoms with van der Waals surface area (Å²) < 4.78 is 38.8. The molecule has 1 amide bonds. The molecule has 8 heteroatoms. The van der Waals surface area contributed by atoms with Gasteiger partial charge in [-0.05, 0) is 67.6 Å². The van der Waals surface area contributed by atoms with E-state index in [0.29, 0.717) is 28.4 Å². The molecule has 0 aromatic heterocycles. The number of benzene rings is 3. The monoisotopic (exact) mass is 438 g/mol. The van der Waals surface area contributed by atoms with Crippen LogP contribution < -0.4 is 19.1 Å². The van der Waals surface area contributed by atoms with Crippen LogP contribution in [0.2, 0.25) is 0 Å². The number of carbonyl (C=O) groups is 1. The molecule has 31 heavy (non-hydrogen) atoms. The summed E-state index contributed by atoms with van der Waals surface area (Å²) in [6, 6.07) is 19.9. The van der Waals surface area contributed by atoms with Gasteiger partial charge < -0.3 is 14.8 Å². The molecular formula is C23H22N2O5S. The van der Waals surface area contributed by atoms with Gasteiger partial charge >= 0.3 is 0 Å². The molecule has 4 rings (SSSR count). The molecule has 0 fully saturated rings. The zero-order valence-corrected chi connectivity index (χ0v) is 17.9. The molecular weight excluding hydrogens is 416 g/mol. The van der Waals surface area contributed by atoms with Gasteiger partial charge in [-0.25, -0.2) is 8.42 Å². The van der Waals surface area contributed by atoms with Gasteiger partial charge in [0, 0.05) is 11.3 Å². The minimum Gasteiger partial charge on any atom is -0.497 e. The molecule has 0 bridgehead atoms. The molecule has 0 aliphatic carbocycles. The van der Waals surface area contributed by atoms with Crippen molar-refractivity contribution in [3.8, 4) is 11.5 Å². The predicted octanol–water partition coefficient (Wildman–Crippen LogP) is 3.92. The van der Waals surface area contributed by atoms with Crippen molar-refractivity contribution < 1.29 is 22.7 Å². The van der Waals surface area contributed by atoms with E-state index in [4.69, 9.17) is 9.47 Å². The van der Waals surface area contributed by atoms with Gasteiger partial charge in [0.05, 0.1) is 24.2 Å². The second kappa shape index (κ2) is 8.31. The van der Waals surface area contributed by atoms with Crippen LogP contribution in [0.15, 0.2) is 77.7 Å². The van der Waals surface area contributed by atoms with Crippen molar-refractivity contribution in [1.82, 2.24) is 0 Å². The van der Waals surface area contributed by atoms with Crippen LogP contribution in [0.4, 0.5) is 11.4 Å². The minimum absolute atomic E-state index is 0.138. The lowest BCUT2D eigenvalue weighted by molar-refractivity contribution is 0.102. The molecule has 0 spiro atoms. The summed E-state index contributed by atoms with van der Waals surface area (Å²) in [5.41, 5.74) is 1.48. The molecule has 0 saturated heterocycles. The maximum Gasteiger partial charge on any atom is 0.264 e. The highest BCUT2D eigenvalue weighted by Gasteiger charge is 2.32. The fraction of sp³-hybridized carbons (Fsp3) is 0.174. The number of methoxy groups -OCH3 is 1. The third-order valence-corrected chi connectivity index (χ3v) is 6.73. The maximum absolute atomic E-state index is 13.3. The molecule has 0 radical (unpaired) electrons. The predicted molar refractivity (Wildman–Crippen MR) is 118 cm³/mol. The minimum atomic E-state index is -3.79. The van der Waals surface area contributed by atoms with Crippen LogP contribution in [-0.2, 0) is 10.0 Å². The molecule has 0 saturated carbocycles. The molecule has 1 aliphatic heterocycles. The largest absolute Gasteiger partial charge is 0.497 e. The highest BCUT2D eigenvalue weighted by molar-refractivity contribution is 7.92. The molecule has 1 aliphatic rings. The highest BCUT2D eigenvalue weighted by atomic mass is 32.2. The third-order valence-electron chi connectivity index (χ3n) is 4.94. The second-order valence-corrected chi connectivity index (χ2v) is 9.00. The molecule has 3 aromatic carbocycles. The van der Waals surface area contributed by atoms with Crippen molar-refractivity contribution in [2.75, 3.05) is 23.3 Å². The van der Waals surface area contributed by atoms with Gasteiger partial charge in [0.1, 0.15) is 17.6 Å². The van der Waals surface area contributed by atoms with Crippen LogP contribution in [0, 0.1) is 0 Å².